The van der Waals surface area contributed by atoms with Gasteiger partial charge in [0.1, 0.15) is 0 Å². The molecule has 0 spiro atoms. The Morgan fingerprint density at radius 1 is 0.861 bits per heavy atom. The molecule has 2 aromatic rings. The van der Waals surface area contributed by atoms with Crippen LogP contribution in [0.15, 0.2) is 47.5 Å². The van der Waals surface area contributed by atoms with E-state index in [0.29, 0.717) is 16.9 Å². The number of fused-ring (bicyclic) bond motifs is 5. The molecule has 2 unspecified atom stereocenters. The second kappa shape index (κ2) is 9.01. The fourth-order valence-corrected chi connectivity index (χ4v) is 10.3. The lowest BCUT2D eigenvalue weighted by molar-refractivity contribution is -0.109. The number of nitrogens with two attached hydrogens (primary N) is 1. The smallest absolute Gasteiger partial charge is 0.238 e. The zero-order valence-electron chi connectivity index (χ0n) is 22.2. The minimum absolute atomic E-state index is 0.186. The fraction of sp³-hybridized carbons (Fsp3) is 0.677. The molecule has 0 saturated heterocycles. The Balaban J connectivity index is 1.19. The lowest BCUT2D eigenvalue weighted by Gasteiger charge is -2.60. The molecular weight excluding hydrogens is 464 g/mol. The molecule has 5 heteroatoms. The predicted molar refractivity (Wildman–Crippen MR) is 145 cm³/mol. The van der Waals surface area contributed by atoms with E-state index >= 15 is 0 Å². The van der Waals surface area contributed by atoms with Crippen LogP contribution in [-0.2, 0) is 22.9 Å². The molecule has 1 aromatic carbocycles. The lowest BCUT2D eigenvalue weighted by Crippen LogP contribution is -2.52. The van der Waals surface area contributed by atoms with Gasteiger partial charge in [-0.2, -0.15) is 0 Å². The zero-order chi connectivity index (χ0) is 25.1. The van der Waals surface area contributed by atoms with Crippen molar-refractivity contribution in [2.75, 3.05) is 0 Å². The Hall–Kier alpha value is -1.59. The van der Waals surface area contributed by atoms with E-state index in [-0.39, 0.29) is 4.90 Å². The second-order valence-electron chi connectivity index (χ2n) is 13.1. The minimum atomic E-state index is -3.64. The number of nitrogens with zero attached hydrogens (tertiary/aromatic N) is 1. The number of hydrogen-bond acceptors (Lipinski definition) is 2. The highest BCUT2D eigenvalue weighted by Gasteiger charge is 2.60. The van der Waals surface area contributed by atoms with Crippen LogP contribution in [0.2, 0.25) is 0 Å². The van der Waals surface area contributed by atoms with Crippen molar-refractivity contribution in [2.24, 2.45) is 39.6 Å². The highest BCUT2D eigenvalue weighted by molar-refractivity contribution is 7.89. The van der Waals surface area contributed by atoms with Crippen molar-refractivity contribution in [1.82, 2.24) is 4.57 Å². The number of rotatable bonds is 5. The van der Waals surface area contributed by atoms with Crippen LogP contribution in [0.25, 0.3) is 0 Å². The maximum Gasteiger partial charge on any atom is 0.238 e. The monoisotopic (exact) mass is 508 g/mol. The third kappa shape index (κ3) is 4.00. The first-order chi connectivity index (χ1) is 17.2. The molecule has 7 atom stereocenters. The van der Waals surface area contributed by atoms with Crippen molar-refractivity contribution >= 4 is 10.0 Å². The molecule has 0 bridgehead atoms. The molecule has 0 amide bonds. The summed E-state index contributed by atoms with van der Waals surface area (Å²) < 4.78 is 25.8. The molecule has 0 aliphatic heterocycles. The average Bonchev–Trinajstić information content (AvgIpc) is 3.45. The van der Waals surface area contributed by atoms with Crippen molar-refractivity contribution in [3.05, 3.63) is 53.9 Å². The van der Waals surface area contributed by atoms with E-state index in [4.69, 9.17) is 5.14 Å². The Morgan fingerprint density at radius 2 is 1.64 bits per heavy atom. The normalized spacial score (nSPS) is 38.2. The number of primary sulfonamides is 1. The Morgan fingerprint density at radius 3 is 2.42 bits per heavy atom. The Kier molecular flexibility index (Phi) is 6.19. The van der Waals surface area contributed by atoms with Crippen molar-refractivity contribution in [3.63, 3.8) is 0 Å². The van der Waals surface area contributed by atoms with Gasteiger partial charge in [-0.1, -0.05) is 38.8 Å². The first-order valence-electron chi connectivity index (χ1n) is 14.5. The van der Waals surface area contributed by atoms with Crippen LogP contribution in [0, 0.1) is 34.5 Å². The van der Waals surface area contributed by atoms with Crippen LogP contribution in [-0.4, -0.2) is 13.0 Å². The fourth-order valence-electron chi connectivity index (χ4n) is 9.79. The maximum atomic E-state index is 11.6. The third-order valence-corrected chi connectivity index (χ3v) is 12.6. The van der Waals surface area contributed by atoms with Crippen LogP contribution in [0.5, 0.6) is 0 Å². The highest BCUT2D eigenvalue weighted by atomic mass is 32.2. The summed E-state index contributed by atoms with van der Waals surface area (Å²) in [7, 11) is -3.64. The summed E-state index contributed by atoms with van der Waals surface area (Å²) in [6.07, 6.45) is 18.6. The molecule has 6 rings (SSSR count). The van der Waals surface area contributed by atoms with Crippen LogP contribution < -0.4 is 5.14 Å². The van der Waals surface area contributed by atoms with Gasteiger partial charge in [0.15, 0.2) is 0 Å². The van der Waals surface area contributed by atoms with Gasteiger partial charge in [-0.3, -0.25) is 0 Å². The van der Waals surface area contributed by atoms with Gasteiger partial charge < -0.3 is 4.57 Å². The largest absolute Gasteiger partial charge is 0.348 e. The standard InChI is InChI=1S/C31H44N2O2S/c1-30-19-4-3-6-23(30)11-15-26-27-16-17-29(31(27,2)20-18-28(26)30)33-21-5-7-24(33)12-8-22-9-13-25(14-10-22)36(32,34)35/h5,7,9-10,13-14,21,23,26-29H,3-4,6,8,11-12,15-20H2,1-2H3,(H2,32,34,35)/t23?,26-,27-,28+,29?,30-,31-/m0/s1. The summed E-state index contributed by atoms with van der Waals surface area (Å²) >= 11 is 0. The van der Waals surface area contributed by atoms with Crippen molar-refractivity contribution in [1.29, 1.82) is 0 Å². The quantitative estimate of drug-likeness (QED) is 0.478. The number of sulfonamides is 1. The van der Waals surface area contributed by atoms with E-state index in [9.17, 15) is 8.42 Å². The molecule has 4 aliphatic rings. The summed E-state index contributed by atoms with van der Waals surface area (Å²) in [6, 6.07) is 12.2. The van der Waals surface area contributed by atoms with E-state index in [1.807, 2.05) is 12.1 Å². The topological polar surface area (TPSA) is 65.1 Å². The van der Waals surface area contributed by atoms with Crippen molar-refractivity contribution < 1.29 is 8.42 Å². The van der Waals surface area contributed by atoms with Gasteiger partial charge in [0.2, 0.25) is 10.0 Å². The van der Waals surface area contributed by atoms with Gasteiger partial charge in [0.25, 0.3) is 0 Å². The van der Waals surface area contributed by atoms with E-state index in [1.165, 1.54) is 69.9 Å². The van der Waals surface area contributed by atoms with Gasteiger partial charge in [0.05, 0.1) is 4.90 Å². The number of aryl methyl sites for hydroxylation is 2. The van der Waals surface area contributed by atoms with Gasteiger partial charge in [-0.25, -0.2) is 13.6 Å². The molecule has 196 valence electrons. The second-order valence-corrected chi connectivity index (χ2v) is 14.7. The molecule has 4 aliphatic carbocycles. The van der Waals surface area contributed by atoms with Crippen LogP contribution in [0.3, 0.4) is 0 Å². The van der Waals surface area contributed by atoms with E-state index in [0.717, 1.165) is 42.1 Å². The van der Waals surface area contributed by atoms with Gasteiger partial charge >= 0.3 is 0 Å². The van der Waals surface area contributed by atoms with E-state index in [2.05, 4.69) is 36.7 Å². The van der Waals surface area contributed by atoms with Crippen LogP contribution in [0.1, 0.15) is 95.4 Å². The first kappa shape index (κ1) is 24.7. The highest BCUT2D eigenvalue weighted by Crippen LogP contribution is 2.68. The van der Waals surface area contributed by atoms with Crippen LogP contribution in [0.4, 0.5) is 0 Å². The third-order valence-electron chi connectivity index (χ3n) is 11.7. The van der Waals surface area contributed by atoms with Gasteiger partial charge in [-0.15, -0.1) is 0 Å². The molecule has 1 aromatic heterocycles. The summed E-state index contributed by atoms with van der Waals surface area (Å²) in [5, 5.41) is 5.26. The number of aromatic nitrogens is 1. The average molecular weight is 509 g/mol. The molecule has 4 fully saturated rings. The summed E-state index contributed by atoms with van der Waals surface area (Å²) in [5.41, 5.74) is 3.59. The Labute approximate surface area is 218 Å². The van der Waals surface area contributed by atoms with Crippen molar-refractivity contribution in [3.8, 4) is 0 Å². The summed E-state index contributed by atoms with van der Waals surface area (Å²) in [4.78, 5) is 0.186. The zero-order valence-corrected chi connectivity index (χ0v) is 23.0. The number of hydrogen-bond donors (Lipinski definition) is 1. The van der Waals surface area contributed by atoms with E-state index < -0.39 is 10.0 Å². The molecule has 4 nitrogen and oxygen atoms in total. The molecule has 1 heterocycles. The summed E-state index contributed by atoms with van der Waals surface area (Å²) in [6.45, 7) is 5.32. The molecule has 4 saturated carbocycles. The minimum Gasteiger partial charge on any atom is -0.348 e. The predicted octanol–water partition coefficient (Wildman–Crippen LogP) is 6.89. The van der Waals surface area contributed by atoms with Gasteiger partial charge in [-0.05, 0) is 129 Å². The van der Waals surface area contributed by atoms with Gasteiger partial charge in [0, 0.05) is 17.9 Å². The SMILES string of the molecule is C[C@]12CCCCC1CC[C@@H]1[C@H]2CC[C@]2(C)C(n3cccc3CCc3ccc(S(N)(=O)=O)cc3)CC[C@@H]12. The Bertz CT molecular complexity index is 1200. The first-order valence-corrected chi connectivity index (χ1v) is 16.0. The molecule has 36 heavy (non-hydrogen) atoms. The van der Waals surface area contributed by atoms with Crippen LogP contribution >= 0.6 is 0 Å². The van der Waals surface area contributed by atoms with E-state index in [1.54, 1.807) is 12.1 Å². The summed E-state index contributed by atoms with van der Waals surface area (Å²) in [5.74, 6) is 3.76. The number of benzene rings is 1. The molecule has 0 radical (unpaired) electrons. The molecular formula is C31H44N2O2S. The lowest BCUT2D eigenvalue weighted by atomic mass is 9.45. The molecule has 2 N–H and O–H groups in total. The maximum absolute atomic E-state index is 11.6. The van der Waals surface area contributed by atoms with Crippen molar-refractivity contribution in [2.45, 2.75) is 102 Å².